The molecule has 6 heteroatoms. The Hall–Kier alpha value is -3.54. The Bertz CT molecular complexity index is 1110. The Kier molecular flexibility index (Phi) is 4.38. The second-order valence-corrected chi connectivity index (χ2v) is 5.93. The molecule has 0 atom stereocenters. The summed E-state index contributed by atoms with van der Waals surface area (Å²) in [4.78, 5) is 16.1. The predicted molar refractivity (Wildman–Crippen MR) is 99.8 cm³/mol. The van der Waals surface area contributed by atoms with Crippen LogP contribution in [-0.2, 0) is 4.74 Å². The highest BCUT2D eigenvalue weighted by Crippen LogP contribution is 2.35. The molecule has 0 fully saturated rings. The summed E-state index contributed by atoms with van der Waals surface area (Å²) in [5.74, 6) is -0.707. The van der Waals surface area contributed by atoms with E-state index in [1.54, 1.807) is 48.2 Å². The number of halogens is 1. The van der Waals surface area contributed by atoms with Crippen molar-refractivity contribution in [2.75, 3.05) is 6.61 Å². The molecule has 0 aliphatic heterocycles. The molecule has 0 unspecified atom stereocenters. The minimum Gasteiger partial charge on any atom is -0.462 e. The molecule has 4 aromatic rings. The number of esters is 1. The van der Waals surface area contributed by atoms with Gasteiger partial charge in [0.15, 0.2) is 0 Å². The molecule has 4 rings (SSSR count). The second kappa shape index (κ2) is 6.99. The lowest BCUT2D eigenvalue weighted by molar-refractivity contribution is 0.0525. The number of ether oxygens (including phenoxy) is 1. The molecule has 0 amide bonds. The van der Waals surface area contributed by atoms with Gasteiger partial charge in [0.25, 0.3) is 0 Å². The van der Waals surface area contributed by atoms with Gasteiger partial charge in [-0.25, -0.2) is 13.7 Å². The third kappa shape index (κ3) is 3.17. The molecule has 0 bridgehead atoms. The Morgan fingerprint density at radius 2 is 1.78 bits per heavy atom. The number of aromatic nitrogens is 3. The van der Waals surface area contributed by atoms with Gasteiger partial charge >= 0.3 is 5.97 Å². The Morgan fingerprint density at radius 3 is 2.48 bits per heavy atom. The summed E-state index contributed by atoms with van der Waals surface area (Å²) in [5.41, 5.74) is 4.54. The molecule has 27 heavy (non-hydrogen) atoms. The lowest BCUT2D eigenvalue weighted by Gasteiger charge is -2.04. The van der Waals surface area contributed by atoms with Crippen LogP contribution in [-0.4, -0.2) is 27.2 Å². The van der Waals surface area contributed by atoms with Crippen LogP contribution in [0.4, 0.5) is 4.39 Å². The van der Waals surface area contributed by atoms with E-state index in [0.29, 0.717) is 17.9 Å². The molecule has 0 N–H and O–H groups in total. The monoisotopic (exact) mass is 361 g/mol. The molecule has 0 aliphatic rings. The maximum atomic E-state index is 13.4. The molecule has 3 heterocycles. The highest BCUT2D eigenvalue weighted by molar-refractivity contribution is 5.94. The first-order chi connectivity index (χ1) is 13.2. The first-order valence-corrected chi connectivity index (χ1v) is 8.53. The van der Waals surface area contributed by atoms with Gasteiger partial charge in [-0.1, -0.05) is 0 Å². The van der Waals surface area contributed by atoms with Crippen molar-refractivity contribution in [2.24, 2.45) is 0 Å². The highest BCUT2D eigenvalue weighted by atomic mass is 19.1. The van der Waals surface area contributed by atoms with Crippen LogP contribution in [0.3, 0.4) is 0 Å². The number of fused-ring (bicyclic) bond motifs is 1. The summed E-state index contributed by atoms with van der Waals surface area (Å²) in [6, 6.07) is 13.5. The summed E-state index contributed by atoms with van der Waals surface area (Å²) < 4.78 is 20.1. The lowest BCUT2D eigenvalue weighted by atomic mass is 10.0. The van der Waals surface area contributed by atoms with Gasteiger partial charge in [-0.05, 0) is 61.0 Å². The van der Waals surface area contributed by atoms with Gasteiger partial charge in [0.1, 0.15) is 11.5 Å². The smallest absolute Gasteiger partial charge is 0.339 e. The van der Waals surface area contributed by atoms with Crippen molar-refractivity contribution in [3.05, 3.63) is 78.5 Å². The van der Waals surface area contributed by atoms with E-state index in [2.05, 4.69) is 10.1 Å². The van der Waals surface area contributed by atoms with Crippen LogP contribution in [0.15, 0.2) is 67.1 Å². The number of nitrogens with zero attached hydrogens (tertiary/aromatic N) is 3. The van der Waals surface area contributed by atoms with E-state index >= 15 is 0 Å². The van der Waals surface area contributed by atoms with E-state index in [0.717, 1.165) is 22.2 Å². The number of hydrogen-bond acceptors (Lipinski definition) is 4. The van der Waals surface area contributed by atoms with Gasteiger partial charge in [-0.15, -0.1) is 0 Å². The van der Waals surface area contributed by atoms with Gasteiger partial charge < -0.3 is 4.74 Å². The molecule has 0 saturated heterocycles. The van der Waals surface area contributed by atoms with Crippen LogP contribution < -0.4 is 0 Å². The summed E-state index contributed by atoms with van der Waals surface area (Å²) in [5, 5.41) is 4.66. The summed E-state index contributed by atoms with van der Waals surface area (Å²) in [7, 11) is 0. The Balaban J connectivity index is 1.94. The third-order valence-electron chi connectivity index (χ3n) is 4.23. The molecule has 5 nitrogen and oxygen atoms in total. The first kappa shape index (κ1) is 16.9. The summed E-state index contributed by atoms with van der Waals surface area (Å²) in [6.07, 6.45) is 5.06. The maximum absolute atomic E-state index is 13.4. The lowest BCUT2D eigenvalue weighted by Crippen LogP contribution is -2.06. The number of carbonyl (C=O) groups excluding carboxylic acids is 1. The molecule has 1 aromatic carbocycles. The van der Waals surface area contributed by atoms with E-state index in [1.165, 1.54) is 12.1 Å². The minimum atomic E-state index is -0.399. The van der Waals surface area contributed by atoms with Crippen molar-refractivity contribution in [2.45, 2.75) is 6.92 Å². The fraction of sp³-hybridized carbons (Fsp3) is 0.0952. The van der Waals surface area contributed by atoms with Gasteiger partial charge in [-0.2, -0.15) is 5.10 Å². The molecule has 0 aliphatic carbocycles. The molecule has 3 aromatic heterocycles. The quantitative estimate of drug-likeness (QED) is 0.506. The summed E-state index contributed by atoms with van der Waals surface area (Å²) in [6.45, 7) is 2.07. The second-order valence-electron chi connectivity index (χ2n) is 5.93. The molecule has 0 spiro atoms. The average molecular weight is 361 g/mol. The van der Waals surface area contributed by atoms with Gasteiger partial charge in [0, 0.05) is 29.7 Å². The van der Waals surface area contributed by atoms with Crippen molar-refractivity contribution in [3.63, 3.8) is 0 Å². The molecular weight excluding hydrogens is 345 g/mol. The topological polar surface area (TPSA) is 56.5 Å². The number of carbonyl (C=O) groups is 1. The van der Waals surface area contributed by atoms with E-state index in [9.17, 15) is 9.18 Å². The van der Waals surface area contributed by atoms with Crippen molar-refractivity contribution in [1.82, 2.24) is 14.6 Å². The van der Waals surface area contributed by atoms with E-state index in [1.807, 2.05) is 18.2 Å². The van der Waals surface area contributed by atoms with E-state index < -0.39 is 5.97 Å². The first-order valence-electron chi connectivity index (χ1n) is 8.53. The number of hydrogen-bond donors (Lipinski definition) is 0. The van der Waals surface area contributed by atoms with E-state index in [4.69, 9.17) is 4.74 Å². The zero-order valence-electron chi connectivity index (χ0n) is 14.6. The number of rotatable bonds is 4. The van der Waals surface area contributed by atoms with E-state index in [-0.39, 0.29) is 5.82 Å². The van der Waals surface area contributed by atoms with Crippen molar-refractivity contribution >= 4 is 11.5 Å². The highest BCUT2D eigenvalue weighted by Gasteiger charge is 2.18. The van der Waals surface area contributed by atoms with Gasteiger partial charge in [-0.3, -0.25) is 4.98 Å². The minimum absolute atomic E-state index is 0.305. The third-order valence-corrected chi connectivity index (χ3v) is 4.23. The maximum Gasteiger partial charge on any atom is 0.339 e. The Labute approximate surface area is 155 Å². The van der Waals surface area contributed by atoms with Crippen LogP contribution in [0, 0.1) is 5.82 Å². The summed E-state index contributed by atoms with van der Waals surface area (Å²) >= 11 is 0. The Morgan fingerprint density at radius 1 is 1.04 bits per heavy atom. The van der Waals surface area contributed by atoms with Crippen LogP contribution >= 0.6 is 0 Å². The van der Waals surface area contributed by atoms with Crippen molar-refractivity contribution in [1.29, 1.82) is 0 Å². The average Bonchev–Trinajstić information content (AvgIpc) is 3.08. The molecule has 134 valence electrons. The molecule has 0 radical (unpaired) electrons. The number of benzene rings is 1. The normalized spacial score (nSPS) is 10.9. The van der Waals surface area contributed by atoms with Crippen LogP contribution in [0.25, 0.3) is 27.9 Å². The van der Waals surface area contributed by atoms with Crippen LogP contribution in [0.1, 0.15) is 17.3 Å². The SMILES string of the molecule is CCOC(=O)c1ccc2c(-c3ccncc3)c(-c3ccc(F)cc3)nn2c1. The molecule has 0 saturated carbocycles. The van der Waals surface area contributed by atoms with Crippen molar-refractivity contribution < 1.29 is 13.9 Å². The van der Waals surface area contributed by atoms with Crippen molar-refractivity contribution in [3.8, 4) is 22.4 Å². The zero-order chi connectivity index (χ0) is 18.8. The molecular formula is C21H16FN3O2. The largest absolute Gasteiger partial charge is 0.462 e. The fourth-order valence-electron chi connectivity index (χ4n) is 3.00. The zero-order valence-corrected chi connectivity index (χ0v) is 14.6. The number of pyridine rings is 2. The predicted octanol–water partition coefficient (Wildman–Crippen LogP) is 4.38. The van der Waals surface area contributed by atoms with Gasteiger partial charge in [0.05, 0.1) is 17.7 Å². The standard InChI is InChI=1S/C21H16FN3O2/c1-2-27-21(26)16-5-8-18-19(14-9-11-23-12-10-14)20(24-25(18)13-16)15-3-6-17(22)7-4-15/h3-13H,2H2,1H3. The van der Waals surface area contributed by atoms with Gasteiger partial charge in [0.2, 0.25) is 0 Å². The van der Waals surface area contributed by atoms with Crippen LogP contribution in [0.5, 0.6) is 0 Å². The van der Waals surface area contributed by atoms with Crippen LogP contribution in [0.2, 0.25) is 0 Å². The fourth-order valence-corrected chi connectivity index (χ4v) is 3.00.